The van der Waals surface area contributed by atoms with Gasteiger partial charge in [-0.3, -0.25) is 19.2 Å². The number of amides is 4. The SMILES string of the molecule is CN(C(=O)[C@H]1CCCN1C(=O)C(Cc1ccc(O)c(O)c1)NC=O)C(CCCCN)C(=O)NC(C=O)CC1=CC(O)=C(O)CC=C1. The zero-order chi connectivity index (χ0) is 33.8. The molecule has 4 atom stereocenters. The lowest BCUT2D eigenvalue weighted by Crippen LogP contribution is -2.57. The number of aliphatic hydroxyl groups is 2. The molecule has 4 amide bonds. The van der Waals surface area contributed by atoms with Gasteiger partial charge in [0, 0.05) is 26.4 Å². The van der Waals surface area contributed by atoms with Crippen LogP contribution in [0.3, 0.4) is 0 Å². The summed E-state index contributed by atoms with van der Waals surface area (Å²) in [5.74, 6) is -2.82. The number of allylic oxidation sites excluding steroid dienone is 3. The number of hydrogen-bond acceptors (Lipinski definition) is 10. The van der Waals surface area contributed by atoms with Crippen LogP contribution in [-0.2, 0) is 30.4 Å². The van der Waals surface area contributed by atoms with Gasteiger partial charge in [-0.1, -0.05) is 18.2 Å². The Morgan fingerprint density at radius 3 is 2.54 bits per heavy atom. The molecule has 0 aromatic heterocycles. The predicted molar refractivity (Wildman–Crippen MR) is 167 cm³/mol. The first-order valence-electron chi connectivity index (χ1n) is 15.2. The van der Waals surface area contributed by atoms with Gasteiger partial charge in [-0.05, 0) is 74.4 Å². The van der Waals surface area contributed by atoms with E-state index in [1.165, 1.54) is 41.1 Å². The molecule has 1 aromatic rings. The molecule has 0 saturated carbocycles. The maximum Gasteiger partial charge on any atom is 0.246 e. The summed E-state index contributed by atoms with van der Waals surface area (Å²) in [6.07, 6.45) is 7.86. The van der Waals surface area contributed by atoms with Crippen LogP contribution in [0, 0.1) is 0 Å². The Hall–Kier alpha value is -4.85. The lowest BCUT2D eigenvalue weighted by molar-refractivity contribution is -0.148. The highest BCUT2D eigenvalue weighted by atomic mass is 16.3. The summed E-state index contributed by atoms with van der Waals surface area (Å²) in [4.78, 5) is 67.1. The van der Waals surface area contributed by atoms with Gasteiger partial charge >= 0.3 is 0 Å². The fraction of sp³-hybridized carbons (Fsp3) is 0.469. The lowest BCUT2D eigenvalue weighted by atomic mass is 10.0. The van der Waals surface area contributed by atoms with Gasteiger partial charge in [0.25, 0.3) is 0 Å². The number of benzene rings is 1. The van der Waals surface area contributed by atoms with Gasteiger partial charge < -0.3 is 51.4 Å². The van der Waals surface area contributed by atoms with Crippen LogP contribution < -0.4 is 16.4 Å². The highest BCUT2D eigenvalue weighted by Gasteiger charge is 2.41. The Labute approximate surface area is 267 Å². The van der Waals surface area contributed by atoms with Crippen LogP contribution in [0.4, 0.5) is 0 Å². The van der Waals surface area contributed by atoms with Gasteiger partial charge in [0.2, 0.25) is 24.1 Å². The molecule has 14 heteroatoms. The second-order valence-corrected chi connectivity index (χ2v) is 11.4. The number of aliphatic hydroxyl groups excluding tert-OH is 2. The second kappa shape index (κ2) is 17.0. The molecular formula is C32H43N5O9. The van der Waals surface area contributed by atoms with Crippen molar-refractivity contribution < 1.29 is 44.4 Å². The number of nitrogens with two attached hydrogens (primary N) is 1. The van der Waals surface area contributed by atoms with Gasteiger partial charge in [0.1, 0.15) is 30.2 Å². The van der Waals surface area contributed by atoms with Crippen molar-refractivity contribution in [3.63, 3.8) is 0 Å². The monoisotopic (exact) mass is 641 g/mol. The number of nitrogens with one attached hydrogen (secondary N) is 2. The molecule has 0 radical (unpaired) electrons. The molecule has 1 fully saturated rings. The van der Waals surface area contributed by atoms with Gasteiger partial charge in [0.15, 0.2) is 17.3 Å². The largest absolute Gasteiger partial charge is 0.508 e. The van der Waals surface area contributed by atoms with Gasteiger partial charge in [-0.2, -0.15) is 0 Å². The van der Waals surface area contributed by atoms with Crippen LogP contribution in [0.15, 0.2) is 53.5 Å². The molecule has 0 spiro atoms. The van der Waals surface area contributed by atoms with E-state index in [9.17, 15) is 44.4 Å². The Bertz CT molecular complexity index is 1380. The normalized spacial score (nSPS) is 18.2. The molecule has 1 aliphatic heterocycles. The van der Waals surface area contributed by atoms with Crippen LogP contribution in [-0.4, -0.2) is 105 Å². The van der Waals surface area contributed by atoms with Gasteiger partial charge in [0.05, 0.1) is 6.04 Å². The van der Waals surface area contributed by atoms with E-state index < -0.39 is 41.9 Å². The summed E-state index contributed by atoms with van der Waals surface area (Å²) < 4.78 is 0. The molecule has 3 rings (SSSR count). The second-order valence-electron chi connectivity index (χ2n) is 11.4. The lowest BCUT2D eigenvalue weighted by Gasteiger charge is -2.34. The number of phenolic OH excluding ortho intramolecular Hbond substituents is 2. The summed E-state index contributed by atoms with van der Waals surface area (Å²) in [6.45, 7) is 0.625. The molecule has 1 aromatic carbocycles. The van der Waals surface area contributed by atoms with Gasteiger partial charge in [-0.25, -0.2) is 0 Å². The van der Waals surface area contributed by atoms with Crippen LogP contribution >= 0.6 is 0 Å². The molecule has 3 unspecified atom stereocenters. The number of unbranched alkanes of at least 4 members (excludes halogenated alkanes) is 1. The van der Waals surface area contributed by atoms with E-state index in [4.69, 9.17) is 5.73 Å². The standard InChI is InChI=1S/C32H43N5O9/c1-36(24(7-2-3-12-33)30(44)35-22(18-38)14-20-6-4-9-26(40)28(42)16-20)32(46)25-8-5-13-37(25)31(45)23(34-19-39)15-21-10-11-27(41)29(43)17-21/h4,6,10-11,16-19,22-25,40-43H,2-3,5,7-9,12-15,33H2,1H3,(H,34,39)(H,35,44)/t22?,23?,24?,25-/m1/s1. The Morgan fingerprint density at radius 2 is 1.87 bits per heavy atom. The molecule has 1 aliphatic carbocycles. The van der Waals surface area contributed by atoms with E-state index in [2.05, 4.69) is 10.6 Å². The molecule has 1 saturated heterocycles. The number of likely N-dealkylation sites (tertiary alicyclic amines) is 1. The first kappa shape index (κ1) is 35.6. The fourth-order valence-electron chi connectivity index (χ4n) is 5.62. The van der Waals surface area contributed by atoms with E-state index in [-0.39, 0.29) is 55.2 Å². The minimum Gasteiger partial charge on any atom is -0.508 e. The number of likely N-dealkylation sites (N-methyl/N-ethyl adjacent to an activating group) is 1. The van der Waals surface area contributed by atoms with Crippen LogP contribution in [0.1, 0.15) is 50.5 Å². The van der Waals surface area contributed by atoms with Crippen molar-refractivity contribution in [1.82, 2.24) is 20.4 Å². The third-order valence-electron chi connectivity index (χ3n) is 8.13. The van der Waals surface area contributed by atoms with Gasteiger partial charge in [-0.15, -0.1) is 0 Å². The topological polar surface area (TPSA) is 223 Å². The van der Waals surface area contributed by atoms with Crippen molar-refractivity contribution in [2.45, 2.75) is 75.5 Å². The smallest absolute Gasteiger partial charge is 0.246 e. The zero-order valence-electron chi connectivity index (χ0n) is 25.8. The maximum absolute atomic E-state index is 13.9. The summed E-state index contributed by atoms with van der Waals surface area (Å²) in [5, 5.41) is 44.4. The number of carbonyl (C=O) groups is 5. The van der Waals surface area contributed by atoms with E-state index >= 15 is 0 Å². The Kier molecular flexibility index (Phi) is 13.2. The molecule has 46 heavy (non-hydrogen) atoms. The average molecular weight is 642 g/mol. The number of phenols is 2. The molecule has 8 N–H and O–H groups in total. The first-order chi connectivity index (χ1) is 22.0. The average Bonchev–Trinajstić information content (AvgIpc) is 3.47. The van der Waals surface area contributed by atoms with Crippen LogP contribution in [0.5, 0.6) is 11.5 Å². The minimum atomic E-state index is -1.05. The van der Waals surface area contributed by atoms with E-state index in [0.717, 1.165) is 0 Å². The molecule has 2 aliphatic rings. The number of aromatic hydroxyl groups is 2. The number of rotatable bonds is 16. The molecule has 14 nitrogen and oxygen atoms in total. The van der Waals surface area contributed by atoms with Crippen molar-refractivity contribution in [2.75, 3.05) is 20.1 Å². The first-order valence-corrected chi connectivity index (χ1v) is 15.2. The third-order valence-corrected chi connectivity index (χ3v) is 8.13. The van der Waals surface area contributed by atoms with Crippen molar-refractivity contribution in [2.24, 2.45) is 5.73 Å². The van der Waals surface area contributed by atoms with E-state index in [1.807, 2.05) is 0 Å². The van der Waals surface area contributed by atoms with Crippen molar-refractivity contribution in [3.8, 4) is 11.5 Å². The molecule has 250 valence electrons. The van der Waals surface area contributed by atoms with Crippen LogP contribution in [0.2, 0.25) is 0 Å². The summed E-state index contributed by atoms with van der Waals surface area (Å²) >= 11 is 0. The Balaban J connectivity index is 1.76. The van der Waals surface area contributed by atoms with Crippen molar-refractivity contribution >= 4 is 30.4 Å². The Morgan fingerprint density at radius 1 is 1.11 bits per heavy atom. The number of hydrogen-bond donors (Lipinski definition) is 7. The molecule has 1 heterocycles. The van der Waals surface area contributed by atoms with Crippen LogP contribution in [0.25, 0.3) is 0 Å². The quantitative estimate of drug-likeness (QED) is 0.0770. The highest BCUT2D eigenvalue weighted by molar-refractivity contribution is 5.94. The van der Waals surface area contributed by atoms with Crippen molar-refractivity contribution in [3.05, 3.63) is 59.1 Å². The molecule has 0 bridgehead atoms. The fourth-order valence-corrected chi connectivity index (χ4v) is 5.62. The zero-order valence-corrected chi connectivity index (χ0v) is 25.8. The predicted octanol–water partition coefficient (Wildman–Crippen LogP) is 0.990. The summed E-state index contributed by atoms with van der Waals surface area (Å²) in [7, 11) is 1.47. The minimum absolute atomic E-state index is 0.00529. The van der Waals surface area contributed by atoms with E-state index in [1.54, 1.807) is 12.2 Å². The number of nitrogens with zero attached hydrogens (tertiary/aromatic N) is 2. The van der Waals surface area contributed by atoms with E-state index in [0.29, 0.717) is 56.1 Å². The summed E-state index contributed by atoms with van der Waals surface area (Å²) in [6, 6.07) is 0.120. The third kappa shape index (κ3) is 9.33. The summed E-state index contributed by atoms with van der Waals surface area (Å²) in [5.41, 5.74) is 6.64. The number of carbonyl (C=O) groups excluding carboxylic acids is 5. The highest BCUT2D eigenvalue weighted by Crippen LogP contribution is 2.27. The maximum atomic E-state index is 13.9. The number of aldehydes is 1. The molecular weight excluding hydrogens is 598 g/mol. The van der Waals surface area contributed by atoms with Crippen molar-refractivity contribution in [1.29, 1.82) is 0 Å².